The maximum absolute atomic E-state index is 13.2. The molecule has 0 saturated carbocycles. The fraction of sp³-hybridized carbons (Fsp3) is 0.294. The number of rotatable bonds is 3. The van der Waals surface area contributed by atoms with E-state index in [-0.39, 0.29) is 23.7 Å². The number of thiophene rings is 1. The second kappa shape index (κ2) is 7.60. The highest BCUT2D eigenvalue weighted by Crippen LogP contribution is 2.19. The van der Waals surface area contributed by atoms with E-state index in [1.165, 1.54) is 29.5 Å². The zero-order valence-corrected chi connectivity index (χ0v) is 15.8. The zero-order chi connectivity index (χ0) is 17.1. The topological polar surface area (TPSA) is 49.4 Å². The third kappa shape index (κ3) is 3.94. The number of hydrogen-bond acceptors (Lipinski definition) is 3. The minimum atomic E-state index is -0.342. The van der Waals surface area contributed by atoms with Crippen LogP contribution in [0.15, 0.2) is 35.0 Å². The Morgan fingerprint density at radius 1 is 1.25 bits per heavy atom. The minimum Gasteiger partial charge on any atom is -0.349 e. The summed E-state index contributed by atoms with van der Waals surface area (Å²) in [7, 11) is 0. The van der Waals surface area contributed by atoms with Gasteiger partial charge in [-0.2, -0.15) is 11.3 Å². The lowest BCUT2D eigenvalue weighted by Crippen LogP contribution is -2.46. The molecule has 1 aliphatic heterocycles. The van der Waals surface area contributed by atoms with Crippen LogP contribution in [0.25, 0.3) is 0 Å². The first-order chi connectivity index (χ1) is 11.5. The van der Waals surface area contributed by atoms with E-state index in [0.717, 1.165) is 12.8 Å². The summed E-state index contributed by atoms with van der Waals surface area (Å²) in [5.41, 5.74) is 1.21. The highest BCUT2D eigenvalue weighted by molar-refractivity contribution is 14.1. The van der Waals surface area contributed by atoms with Gasteiger partial charge in [0.15, 0.2) is 0 Å². The first kappa shape index (κ1) is 17.3. The van der Waals surface area contributed by atoms with E-state index in [9.17, 15) is 14.0 Å². The molecule has 0 bridgehead atoms. The Hall–Kier alpha value is -1.48. The number of halogens is 2. The van der Waals surface area contributed by atoms with Gasteiger partial charge >= 0.3 is 0 Å². The van der Waals surface area contributed by atoms with Gasteiger partial charge in [-0.1, -0.05) is 0 Å². The van der Waals surface area contributed by atoms with Crippen LogP contribution in [0, 0.1) is 9.39 Å². The van der Waals surface area contributed by atoms with Crippen molar-refractivity contribution in [3.63, 3.8) is 0 Å². The van der Waals surface area contributed by atoms with Gasteiger partial charge < -0.3 is 10.2 Å². The van der Waals surface area contributed by atoms with Crippen LogP contribution in [0.1, 0.15) is 33.6 Å². The Morgan fingerprint density at radius 3 is 2.62 bits per heavy atom. The standard InChI is InChI=1S/C17H16FIN2O2S/c18-12-1-2-14(15(19)9-12)17(23)21-6-3-13(4-7-21)20-16(22)11-5-8-24-10-11/h1-2,5,8-10,13H,3-4,6-7H2,(H,20,22). The molecule has 7 heteroatoms. The Balaban J connectivity index is 1.56. The van der Waals surface area contributed by atoms with Crippen molar-refractivity contribution in [2.24, 2.45) is 0 Å². The molecule has 1 saturated heterocycles. The van der Waals surface area contributed by atoms with Gasteiger partial charge in [-0.25, -0.2) is 4.39 Å². The first-order valence-corrected chi connectivity index (χ1v) is 9.64. The van der Waals surface area contributed by atoms with Crippen molar-refractivity contribution in [3.05, 3.63) is 55.5 Å². The average molecular weight is 458 g/mol. The molecule has 4 nitrogen and oxygen atoms in total. The SMILES string of the molecule is O=C(NC1CCN(C(=O)c2ccc(F)cc2I)CC1)c1ccsc1. The van der Waals surface area contributed by atoms with E-state index in [1.54, 1.807) is 11.0 Å². The molecule has 1 aromatic carbocycles. The normalized spacial score (nSPS) is 15.3. The summed E-state index contributed by atoms with van der Waals surface area (Å²) >= 11 is 3.47. The number of carbonyl (C=O) groups is 2. The van der Waals surface area contributed by atoms with E-state index in [0.29, 0.717) is 27.8 Å². The zero-order valence-electron chi connectivity index (χ0n) is 12.8. The Labute approximate surface area is 157 Å². The van der Waals surface area contributed by atoms with Crippen molar-refractivity contribution in [1.29, 1.82) is 0 Å². The lowest BCUT2D eigenvalue weighted by Gasteiger charge is -2.32. The number of amides is 2. The van der Waals surface area contributed by atoms with Crippen LogP contribution >= 0.6 is 33.9 Å². The Kier molecular flexibility index (Phi) is 5.50. The summed E-state index contributed by atoms with van der Waals surface area (Å²) in [6, 6.07) is 6.08. The van der Waals surface area contributed by atoms with Crippen LogP contribution in [-0.4, -0.2) is 35.8 Å². The molecule has 1 aromatic heterocycles. The number of piperidine rings is 1. The summed E-state index contributed by atoms with van der Waals surface area (Å²) in [5.74, 6) is -0.484. The predicted octanol–water partition coefficient (Wildman–Crippen LogP) is 3.53. The molecule has 2 heterocycles. The van der Waals surface area contributed by atoms with Crippen molar-refractivity contribution in [3.8, 4) is 0 Å². The largest absolute Gasteiger partial charge is 0.349 e. The van der Waals surface area contributed by atoms with Crippen LogP contribution in [0.5, 0.6) is 0 Å². The van der Waals surface area contributed by atoms with Crippen molar-refractivity contribution in [1.82, 2.24) is 10.2 Å². The van der Waals surface area contributed by atoms with Gasteiger partial charge in [0.1, 0.15) is 5.82 Å². The Bertz CT molecular complexity index is 743. The molecule has 0 aliphatic carbocycles. The molecular weight excluding hydrogens is 442 g/mol. The highest BCUT2D eigenvalue weighted by Gasteiger charge is 2.26. The third-order valence-corrected chi connectivity index (χ3v) is 5.64. The van der Waals surface area contributed by atoms with Gasteiger partial charge in [0.05, 0.1) is 5.56 Å². The molecule has 0 atom stereocenters. The van der Waals surface area contributed by atoms with Gasteiger partial charge in [-0.15, -0.1) is 0 Å². The van der Waals surface area contributed by atoms with E-state index in [1.807, 2.05) is 33.4 Å². The molecule has 126 valence electrons. The molecular formula is C17H16FIN2O2S. The van der Waals surface area contributed by atoms with Crippen LogP contribution in [-0.2, 0) is 0 Å². The van der Waals surface area contributed by atoms with Crippen molar-refractivity contribution >= 4 is 45.7 Å². The van der Waals surface area contributed by atoms with E-state index in [4.69, 9.17) is 0 Å². The van der Waals surface area contributed by atoms with Gasteiger partial charge in [0.25, 0.3) is 11.8 Å². The lowest BCUT2D eigenvalue weighted by molar-refractivity contribution is 0.0697. The number of likely N-dealkylation sites (tertiary alicyclic amines) is 1. The molecule has 2 aromatic rings. The number of nitrogens with one attached hydrogen (secondary N) is 1. The Morgan fingerprint density at radius 2 is 2.00 bits per heavy atom. The summed E-state index contributed by atoms with van der Waals surface area (Å²) in [6.07, 6.45) is 1.44. The fourth-order valence-corrected chi connectivity index (χ4v) is 4.07. The second-order valence-corrected chi connectivity index (χ2v) is 7.62. The molecule has 2 amide bonds. The third-order valence-electron chi connectivity index (χ3n) is 4.06. The second-order valence-electron chi connectivity index (χ2n) is 5.68. The number of carbonyl (C=O) groups excluding carboxylic acids is 2. The van der Waals surface area contributed by atoms with Gasteiger partial charge in [0, 0.05) is 33.6 Å². The molecule has 0 spiro atoms. The van der Waals surface area contributed by atoms with Crippen molar-refractivity contribution in [2.75, 3.05) is 13.1 Å². The van der Waals surface area contributed by atoms with Gasteiger partial charge in [-0.05, 0) is 65.1 Å². The number of nitrogens with zero attached hydrogens (tertiary/aromatic N) is 1. The molecule has 0 radical (unpaired) electrons. The predicted molar refractivity (Wildman–Crippen MR) is 99.8 cm³/mol. The maximum Gasteiger partial charge on any atom is 0.254 e. The monoisotopic (exact) mass is 458 g/mol. The van der Waals surface area contributed by atoms with Crippen LogP contribution in [0.4, 0.5) is 4.39 Å². The van der Waals surface area contributed by atoms with E-state index in [2.05, 4.69) is 5.32 Å². The summed E-state index contributed by atoms with van der Waals surface area (Å²) in [6.45, 7) is 1.17. The number of hydrogen-bond donors (Lipinski definition) is 1. The van der Waals surface area contributed by atoms with Gasteiger partial charge in [0.2, 0.25) is 0 Å². The summed E-state index contributed by atoms with van der Waals surface area (Å²) in [4.78, 5) is 26.4. The quantitative estimate of drug-likeness (QED) is 0.716. The molecule has 24 heavy (non-hydrogen) atoms. The lowest BCUT2D eigenvalue weighted by atomic mass is 10.0. The van der Waals surface area contributed by atoms with Crippen LogP contribution < -0.4 is 5.32 Å². The minimum absolute atomic E-state index is 0.0610. The summed E-state index contributed by atoms with van der Waals surface area (Å²) < 4.78 is 13.8. The molecule has 1 N–H and O–H groups in total. The van der Waals surface area contributed by atoms with Crippen molar-refractivity contribution < 1.29 is 14.0 Å². The molecule has 0 unspecified atom stereocenters. The van der Waals surface area contributed by atoms with E-state index >= 15 is 0 Å². The van der Waals surface area contributed by atoms with E-state index < -0.39 is 0 Å². The highest BCUT2D eigenvalue weighted by atomic mass is 127. The fourth-order valence-electron chi connectivity index (χ4n) is 2.72. The average Bonchev–Trinajstić information content (AvgIpc) is 3.09. The van der Waals surface area contributed by atoms with Crippen LogP contribution in [0.3, 0.4) is 0 Å². The molecule has 1 fully saturated rings. The first-order valence-electron chi connectivity index (χ1n) is 7.62. The number of benzene rings is 1. The maximum atomic E-state index is 13.2. The van der Waals surface area contributed by atoms with Crippen LogP contribution in [0.2, 0.25) is 0 Å². The smallest absolute Gasteiger partial charge is 0.254 e. The summed E-state index contributed by atoms with van der Waals surface area (Å²) in [5, 5.41) is 6.72. The molecule has 1 aliphatic rings. The van der Waals surface area contributed by atoms with Crippen molar-refractivity contribution in [2.45, 2.75) is 18.9 Å². The van der Waals surface area contributed by atoms with Gasteiger partial charge in [-0.3, -0.25) is 9.59 Å². The molecule has 3 rings (SSSR count).